The smallest absolute Gasteiger partial charge is 0.355 e. The van der Waals surface area contributed by atoms with Crippen molar-refractivity contribution >= 4 is 11.7 Å². The first kappa shape index (κ1) is 20.1. The van der Waals surface area contributed by atoms with Crippen LogP contribution in [0.5, 0.6) is 0 Å². The Bertz CT molecular complexity index is 786. The molecule has 0 spiro atoms. The predicted octanol–water partition coefficient (Wildman–Crippen LogP) is 1.81. The number of fused-ring (bicyclic) bond motifs is 1. The van der Waals surface area contributed by atoms with E-state index in [1.54, 1.807) is 13.8 Å². The third kappa shape index (κ3) is 4.69. The molecule has 2 heterocycles. The molecule has 0 fully saturated rings. The summed E-state index contributed by atoms with van der Waals surface area (Å²) >= 11 is 0. The highest BCUT2D eigenvalue weighted by Crippen LogP contribution is 2.27. The summed E-state index contributed by atoms with van der Waals surface area (Å²) in [6, 6.07) is 0.168. The Morgan fingerprint density at radius 1 is 1.27 bits per heavy atom. The largest absolute Gasteiger partial charge is 0.453 e. The van der Waals surface area contributed by atoms with Crippen LogP contribution in [0.1, 0.15) is 43.0 Å². The molecule has 26 heavy (non-hydrogen) atoms. The van der Waals surface area contributed by atoms with E-state index in [0.717, 1.165) is 11.1 Å². The van der Waals surface area contributed by atoms with Gasteiger partial charge in [-0.05, 0) is 39.3 Å². The molecule has 1 amide bonds. The third-order valence-corrected chi connectivity index (χ3v) is 4.06. The van der Waals surface area contributed by atoms with Crippen molar-refractivity contribution in [1.82, 2.24) is 30.2 Å². The number of halogens is 3. The lowest BCUT2D eigenvalue weighted by molar-refractivity contribution is -0.144. The highest BCUT2D eigenvalue weighted by Gasteiger charge is 2.36. The van der Waals surface area contributed by atoms with Gasteiger partial charge in [0.15, 0.2) is 0 Å². The standard InChI is InChI=1S/C16H23F3N6O/c1-5-20-9(2)8-21-13(26)7-6-12-10(3)22-15-23-14(16(17,18)19)24-25(15)11(12)4/h9,20H,5-8H2,1-4H3,(H,21,26)/t9-/m1/s1. The van der Waals surface area contributed by atoms with Gasteiger partial charge in [-0.15, -0.1) is 5.10 Å². The molecule has 0 unspecified atom stereocenters. The van der Waals surface area contributed by atoms with E-state index in [1.807, 2.05) is 13.8 Å². The van der Waals surface area contributed by atoms with Crippen LogP contribution >= 0.6 is 0 Å². The maximum atomic E-state index is 12.8. The van der Waals surface area contributed by atoms with Gasteiger partial charge in [-0.3, -0.25) is 4.79 Å². The average molecular weight is 372 g/mol. The topological polar surface area (TPSA) is 84.2 Å². The molecule has 2 rings (SSSR count). The van der Waals surface area contributed by atoms with Crippen molar-refractivity contribution in [2.45, 2.75) is 52.8 Å². The maximum absolute atomic E-state index is 12.8. The van der Waals surface area contributed by atoms with Gasteiger partial charge in [-0.2, -0.15) is 18.2 Å². The van der Waals surface area contributed by atoms with Crippen LogP contribution in [0.3, 0.4) is 0 Å². The predicted molar refractivity (Wildman–Crippen MR) is 89.7 cm³/mol. The molecular formula is C16H23F3N6O. The zero-order valence-corrected chi connectivity index (χ0v) is 15.2. The second-order valence-electron chi connectivity index (χ2n) is 6.17. The van der Waals surface area contributed by atoms with Crippen LogP contribution in [0.25, 0.3) is 5.78 Å². The number of aromatic nitrogens is 4. The van der Waals surface area contributed by atoms with Crippen molar-refractivity contribution < 1.29 is 18.0 Å². The minimum atomic E-state index is -4.63. The number of aryl methyl sites for hydroxylation is 2. The van der Waals surface area contributed by atoms with Crippen molar-refractivity contribution in [1.29, 1.82) is 0 Å². The van der Waals surface area contributed by atoms with Crippen LogP contribution in [0.2, 0.25) is 0 Å². The second-order valence-corrected chi connectivity index (χ2v) is 6.17. The Morgan fingerprint density at radius 2 is 1.96 bits per heavy atom. The van der Waals surface area contributed by atoms with E-state index >= 15 is 0 Å². The fraction of sp³-hybridized carbons (Fsp3) is 0.625. The van der Waals surface area contributed by atoms with E-state index in [2.05, 4.69) is 25.7 Å². The molecule has 0 aliphatic carbocycles. The lowest BCUT2D eigenvalue weighted by Crippen LogP contribution is -2.38. The van der Waals surface area contributed by atoms with Crippen molar-refractivity contribution in [3.05, 3.63) is 22.8 Å². The van der Waals surface area contributed by atoms with E-state index in [9.17, 15) is 18.0 Å². The Kier molecular flexibility index (Phi) is 6.17. The molecule has 0 saturated carbocycles. The molecule has 7 nitrogen and oxygen atoms in total. The second kappa shape index (κ2) is 7.98. The fourth-order valence-electron chi connectivity index (χ4n) is 2.70. The molecular weight excluding hydrogens is 349 g/mol. The Labute approximate surface area is 149 Å². The van der Waals surface area contributed by atoms with Gasteiger partial charge in [-0.25, -0.2) is 9.50 Å². The van der Waals surface area contributed by atoms with Gasteiger partial charge in [0, 0.05) is 30.4 Å². The van der Waals surface area contributed by atoms with Crippen molar-refractivity contribution in [2.24, 2.45) is 0 Å². The van der Waals surface area contributed by atoms with Crippen LogP contribution in [0.15, 0.2) is 0 Å². The number of likely N-dealkylation sites (N-methyl/N-ethyl adjacent to an activating group) is 1. The van der Waals surface area contributed by atoms with Crippen LogP contribution < -0.4 is 10.6 Å². The number of rotatable bonds is 7. The highest BCUT2D eigenvalue weighted by atomic mass is 19.4. The molecule has 1 atom stereocenters. The van der Waals surface area contributed by atoms with Crippen molar-refractivity contribution in [2.75, 3.05) is 13.1 Å². The summed E-state index contributed by atoms with van der Waals surface area (Å²) in [5.41, 5.74) is 1.75. The Morgan fingerprint density at radius 3 is 2.58 bits per heavy atom. The summed E-state index contributed by atoms with van der Waals surface area (Å²) in [6.45, 7) is 8.63. The van der Waals surface area contributed by atoms with Crippen LogP contribution in [-0.2, 0) is 17.4 Å². The molecule has 0 radical (unpaired) electrons. The Balaban J connectivity index is 2.11. The number of carbonyl (C=O) groups is 1. The van der Waals surface area contributed by atoms with Gasteiger partial charge < -0.3 is 10.6 Å². The summed E-state index contributed by atoms with van der Waals surface area (Å²) in [5.74, 6) is -1.44. The molecule has 0 aliphatic heterocycles. The molecule has 0 bridgehead atoms. The highest BCUT2D eigenvalue weighted by molar-refractivity contribution is 5.76. The summed E-state index contributed by atoms with van der Waals surface area (Å²) < 4.78 is 39.5. The molecule has 2 N–H and O–H groups in total. The van der Waals surface area contributed by atoms with Gasteiger partial charge in [0.1, 0.15) is 0 Å². The first-order valence-corrected chi connectivity index (χ1v) is 8.43. The van der Waals surface area contributed by atoms with Crippen molar-refractivity contribution in [3.8, 4) is 0 Å². The summed E-state index contributed by atoms with van der Waals surface area (Å²) in [6.07, 6.45) is -4.05. The minimum Gasteiger partial charge on any atom is -0.355 e. The van der Waals surface area contributed by atoms with Gasteiger partial charge in [-0.1, -0.05) is 6.92 Å². The van der Waals surface area contributed by atoms with Crippen LogP contribution in [-0.4, -0.2) is 44.6 Å². The first-order valence-electron chi connectivity index (χ1n) is 8.43. The lowest BCUT2D eigenvalue weighted by atomic mass is 10.1. The Hall–Kier alpha value is -2.23. The summed E-state index contributed by atoms with van der Waals surface area (Å²) in [7, 11) is 0. The van der Waals surface area contributed by atoms with E-state index in [0.29, 0.717) is 29.9 Å². The average Bonchev–Trinajstić information content (AvgIpc) is 2.97. The fourth-order valence-corrected chi connectivity index (χ4v) is 2.70. The monoisotopic (exact) mass is 372 g/mol. The quantitative estimate of drug-likeness (QED) is 0.774. The maximum Gasteiger partial charge on any atom is 0.453 e. The van der Waals surface area contributed by atoms with E-state index < -0.39 is 12.0 Å². The van der Waals surface area contributed by atoms with Gasteiger partial charge in [0.2, 0.25) is 5.91 Å². The zero-order chi connectivity index (χ0) is 19.5. The van der Waals surface area contributed by atoms with E-state index in [-0.39, 0.29) is 24.1 Å². The zero-order valence-electron chi connectivity index (χ0n) is 15.2. The number of nitrogens with zero attached hydrogens (tertiary/aromatic N) is 4. The molecule has 10 heteroatoms. The van der Waals surface area contributed by atoms with E-state index in [4.69, 9.17) is 0 Å². The first-order chi connectivity index (χ1) is 12.1. The number of hydrogen-bond donors (Lipinski definition) is 2. The molecule has 0 aliphatic rings. The van der Waals surface area contributed by atoms with Gasteiger partial charge >= 0.3 is 6.18 Å². The van der Waals surface area contributed by atoms with Crippen LogP contribution in [0.4, 0.5) is 13.2 Å². The molecule has 2 aromatic heterocycles. The lowest BCUT2D eigenvalue weighted by Gasteiger charge is -2.14. The third-order valence-electron chi connectivity index (χ3n) is 4.06. The normalized spacial score (nSPS) is 13.2. The minimum absolute atomic E-state index is 0.0972. The molecule has 2 aromatic rings. The van der Waals surface area contributed by atoms with Gasteiger partial charge in [0.05, 0.1) is 0 Å². The number of hydrogen-bond acceptors (Lipinski definition) is 5. The summed E-state index contributed by atoms with van der Waals surface area (Å²) in [5, 5.41) is 9.53. The molecule has 0 aromatic carbocycles. The molecule has 0 saturated heterocycles. The number of alkyl halides is 3. The number of amides is 1. The SMILES string of the molecule is CCN[C@H](C)CNC(=O)CCc1c(C)nc2nc(C(F)(F)F)nn2c1C. The number of nitrogens with one attached hydrogen (secondary N) is 2. The van der Waals surface area contributed by atoms with Gasteiger partial charge in [0.25, 0.3) is 11.6 Å². The van der Waals surface area contributed by atoms with Crippen molar-refractivity contribution in [3.63, 3.8) is 0 Å². The van der Waals surface area contributed by atoms with E-state index in [1.165, 1.54) is 0 Å². The van der Waals surface area contributed by atoms with Crippen LogP contribution in [0, 0.1) is 13.8 Å². The summed E-state index contributed by atoms with van der Waals surface area (Å²) in [4.78, 5) is 19.5. The molecule has 144 valence electrons. The number of carbonyl (C=O) groups excluding carboxylic acids is 1.